The number of fused-ring (bicyclic) bond motifs is 7. The minimum atomic E-state index is -0.283. The Hall–Kier alpha value is -2.88. The topological polar surface area (TPSA) is 52.6 Å². The molecule has 0 bridgehead atoms. The van der Waals surface area contributed by atoms with Crippen LogP contribution in [0.25, 0.3) is 5.57 Å². The number of methoxy groups -OCH3 is 1. The molecule has 0 radical (unpaired) electrons. The number of rotatable bonds is 6. The van der Waals surface area contributed by atoms with E-state index in [1.54, 1.807) is 0 Å². The van der Waals surface area contributed by atoms with Crippen molar-refractivity contribution in [2.75, 3.05) is 7.11 Å². The maximum Gasteiger partial charge on any atom is 0.337 e. The van der Waals surface area contributed by atoms with E-state index in [2.05, 4.69) is 71.9 Å². The van der Waals surface area contributed by atoms with Gasteiger partial charge < -0.3 is 9.47 Å². The average molecular weight is 697 g/mol. The average Bonchev–Trinajstić information content (AvgIpc) is 3.61. The van der Waals surface area contributed by atoms with Crippen molar-refractivity contribution < 1.29 is 19.1 Å². The van der Waals surface area contributed by atoms with Gasteiger partial charge in [0.05, 0.1) is 18.1 Å². The number of unbranched alkanes of at least 4 members (excludes halogenated alkanes) is 1. The van der Waals surface area contributed by atoms with Crippen LogP contribution in [0, 0.1) is 51.2 Å². The molecule has 0 N–H and O–H groups in total. The number of allylic oxidation sites excluding steroid dienone is 2. The third kappa shape index (κ3) is 6.99. The van der Waals surface area contributed by atoms with Gasteiger partial charge >= 0.3 is 11.9 Å². The van der Waals surface area contributed by atoms with Crippen LogP contribution in [0.1, 0.15) is 154 Å². The van der Waals surface area contributed by atoms with Gasteiger partial charge in [0.2, 0.25) is 0 Å². The van der Waals surface area contributed by atoms with Gasteiger partial charge in [0.25, 0.3) is 0 Å². The molecular formula is C47H68O4. The summed E-state index contributed by atoms with van der Waals surface area (Å²) in [6.07, 6.45) is 16.9. The largest absolute Gasteiger partial charge is 0.465 e. The first-order valence-corrected chi connectivity index (χ1v) is 20.6. The Morgan fingerprint density at radius 3 is 2.08 bits per heavy atom. The predicted molar refractivity (Wildman–Crippen MR) is 210 cm³/mol. The Balaban J connectivity index is 0.000000787. The van der Waals surface area contributed by atoms with Gasteiger partial charge in [-0.05, 0) is 132 Å². The minimum absolute atomic E-state index is 0.0492. The van der Waals surface area contributed by atoms with E-state index < -0.39 is 0 Å². The van der Waals surface area contributed by atoms with Crippen LogP contribution in [-0.2, 0) is 20.9 Å². The van der Waals surface area contributed by atoms with E-state index in [0.29, 0.717) is 47.2 Å². The fourth-order valence-electron chi connectivity index (χ4n) is 12.4. The van der Waals surface area contributed by atoms with E-state index in [0.717, 1.165) is 31.2 Å². The third-order valence-electron chi connectivity index (χ3n) is 14.8. The van der Waals surface area contributed by atoms with Gasteiger partial charge in [-0.1, -0.05) is 123 Å². The summed E-state index contributed by atoms with van der Waals surface area (Å²) in [4.78, 5) is 25.9. The Morgan fingerprint density at radius 2 is 1.43 bits per heavy atom. The van der Waals surface area contributed by atoms with E-state index >= 15 is 0 Å². The molecule has 2 aromatic rings. The van der Waals surface area contributed by atoms with Crippen molar-refractivity contribution in [3.05, 3.63) is 77.4 Å². The molecule has 5 aliphatic carbocycles. The van der Waals surface area contributed by atoms with Crippen molar-refractivity contribution in [3.63, 3.8) is 0 Å². The molecule has 8 atom stereocenters. The number of carbonyl (C=O) groups excluding carboxylic acids is 2. The van der Waals surface area contributed by atoms with E-state index in [-0.39, 0.29) is 28.2 Å². The Bertz CT molecular complexity index is 1500. The summed E-state index contributed by atoms with van der Waals surface area (Å²) < 4.78 is 11.0. The number of ether oxygens (including phenoxy) is 2. The molecule has 0 aliphatic heterocycles. The number of benzene rings is 2. The van der Waals surface area contributed by atoms with Crippen LogP contribution in [-0.4, -0.2) is 19.0 Å². The lowest BCUT2D eigenvalue weighted by Gasteiger charge is -2.68. The highest BCUT2D eigenvalue weighted by molar-refractivity contribution is 5.90. The van der Waals surface area contributed by atoms with Crippen molar-refractivity contribution in [2.45, 2.75) is 139 Å². The van der Waals surface area contributed by atoms with E-state index in [1.807, 2.05) is 44.2 Å². The summed E-state index contributed by atoms with van der Waals surface area (Å²) >= 11 is 0. The first-order chi connectivity index (χ1) is 24.5. The standard InChI is InChI=1S/C41H52O4.C4H10.C2H6/c1-38(2)31(28-13-15-29(16-14-28)36(42)44-5)19-23-40(4)34(38)21-24-39(3)32-20-25-41(37(43)45-26-27-10-7-6-8-11-27)22-9-12-33(41)30(32)17-18-35(39)40;1-3-4-2;1-2/h6-8,10-11,13-16,19,30,32-35H,9,12,17-18,20-26H2,1-5H3;3-4H2,1-2H3;1-2H3/t30?,32?,33-,34+,35+,39?,40?,41?;;/m1../s1. The van der Waals surface area contributed by atoms with Crippen molar-refractivity contribution in [1.82, 2.24) is 0 Å². The number of esters is 2. The maximum atomic E-state index is 13.9. The zero-order valence-electron chi connectivity index (χ0n) is 33.5. The summed E-state index contributed by atoms with van der Waals surface area (Å²) in [5, 5.41) is 0. The van der Waals surface area contributed by atoms with Crippen molar-refractivity contribution >= 4 is 17.5 Å². The van der Waals surface area contributed by atoms with Crippen LogP contribution in [0.5, 0.6) is 0 Å². The fourth-order valence-corrected chi connectivity index (χ4v) is 12.4. The van der Waals surface area contributed by atoms with Gasteiger partial charge in [-0.25, -0.2) is 4.79 Å². The second-order valence-electron chi connectivity index (χ2n) is 17.4. The molecule has 0 saturated heterocycles. The van der Waals surface area contributed by atoms with Crippen LogP contribution in [0.2, 0.25) is 0 Å². The highest BCUT2D eigenvalue weighted by atomic mass is 16.5. The fraction of sp³-hybridized carbons (Fsp3) is 0.660. The Morgan fingerprint density at radius 1 is 0.745 bits per heavy atom. The van der Waals surface area contributed by atoms with E-state index in [9.17, 15) is 9.59 Å². The molecule has 4 heteroatoms. The Kier molecular flexibility index (Phi) is 12.3. The Labute approximate surface area is 310 Å². The summed E-state index contributed by atoms with van der Waals surface area (Å²) in [6, 6.07) is 18.2. The highest BCUT2D eigenvalue weighted by Crippen LogP contribution is 2.73. The first kappa shape index (κ1) is 39.3. The SMILES string of the molecule is CC.CCCC.COC(=O)c1ccc(C2=CCC3(C)[C@@H](CCC4(C)C5CCC6(C(=O)OCc7ccccc7)CCC[C@@H]6C5CC[C@@H]43)C2(C)C)cc1. The summed E-state index contributed by atoms with van der Waals surface area (Å²) in [6.45, 7) is 19.0. The summed E-state index contributed by atoms with van der Waals surface area (Å²) in [5.41, 5.74) is 4.71. The molecule has 51 heavy (non-hydrogen) atoms. The van der Waals surface area contributed by atoms with Crippen LogP contribution in [0.3, 0.4) is 0 Å². The van der Waals surface area contributed by atoms with Crippen molar-refractivity contribution in [2.24, 2.45) is 51.2 Å². The lowest BCUT2D eigenvalue weighted by molar-refractivity contribution is -0.191. The van der Waals surface area contributed by atoms with Crippen LogP contribution in [0.15, 0.2) is 60.7 Å². The predicted octanol–water partition coefficient (Wildman–Crippen LogP) is 12.5. The molecule has 0 heterocycles. The molecule has 280 valence electrons. The third-order valence-corrected chi connectivity index (χ3v) is 14.8. The second kappa shape index (κ2) is 16.0. The van der Waals surface area contributed by atoms with E-state index in [1.165, 1.54) is 69.6 Å². The first-order valence-electron chi connectivity index (χ1n) is 20.6. The molecule has 0 amide bonds. The highest BCUT2D eigenvalue weighted by Gasteiger charge is 2.66. The number of carbonyl (C=O) groups is 2. The van der Waals surface area contributed by atoms with Crippen LogP contribution >= 0.6 is 0 Å². The van der Waals surface area contributed by atoms with Gasteiger partial charge in [0, 0.05) is 0 Å². The summed E-state index contributed by atoms with van der Waals surface area (Å²) in [5.74, 6) is 2.93. The van der Waals surface area contributed by atoms with Crippen molar-refractivity contribution in [3.8, 4) is 0 Å². The lowest BCUT2D eigenvalue weighted by atomic mass is 9.36. The number of hydrogen-bond acceptors (Lipinski definition) is 4. The van der Waals surface area contributed by atoms with Crippen LogP contribution in [0.4, 0.5) is 0 Å². The molecular weight excluding hydrogens is 629 g/mol. The van der Waals surface area contributed by atoms with Gasteiger partial charge in [0.1, 0.15) is 6.61 Å². The second-order valence-corrected chi connectivity index (χ2v) is 17.4. The molecule has 5 aliphatic rings. The van der Waals surface area contributed by atoms with Gasteiger partial charge in [0.15, 0.2) is 0 Å². The smallest absolute Gasteiger partial charge is 0.337 e. The molecule has 7 rings (SSSR count). The van der Waals surface area contributed by atoms with Crippen LogP contribution < -0.4 is 0 Å². The number of hydrogen-bond donors (Lipinski definition) is 0. The normalized spacial score (nSPS) is 34.3. The molecule has 5 unspecified atom stereocenters. The zero-order valence-corrected chi connectivity index (χ0v) is 33.5. The quantitative estimate of drug-likeness (QED) is 0.282. The van der Waals surface area contributed by atoms with Crippen molar-refractivity contribution in [1.29, 1.82) is 0 Å². The molecule has 2 aromatic carbocycles. The molecule has 0 spiro atoms. The van der Waals surface area contributed by atoms with Gasteiger partial charge in [-0.15, -0.1) is 0 Å². The monoisotopic (exact) mass is 697 g/mol. The van der Waals surface area contributed by atoms with Gasteiger partial charge in [-0.3, -0.25) is 4.79 Å². The van der Waals surface area contributed by atoms with Gasteiger partial charge in [-0.2, -0.15) is 0 Å². The molecule has 4 saturated carbocycles. The van der Waals surface area contributed by atoms with E-state index in [4.69, 9.17) is 9.47 Å². The molecule has 0 aromatic heterocycles. The molecule has 4 nitrogen and oxygen atoms in total. The maximum absolute atomic E-state index is 13.9. The molecule has 4 fully saturated rings. The zero-order chi connectivity index (χ0) is 37.0. The lowest BCUT2D eigenvalue weighted by Crippen LogP contribution is -2.61. The minimum Gasteiger partial charge on any atom is -0.465 e. The summed E-state index contributed by atoms with van der Waals surface area (Å²) in [7, 11) is 1.44.